The summed E-state index contributed by atoms with van der Waals surface area (Å²) in [6.07, 6.45) is 4.92. The summed E-state index contributed by atoms with van der Waals surface area (Å²) in [5, 5.41) is 9.50. The number of ether oxygens (including phenoxy) is 1. The Morgan fingerprint density at radius 1 is 1.09 bits per heavy atom. The van der Waals surface area contributed by atoms with Crippen molar-refractivity contribution >= 4 is 22.4 Å². The Bertz CT molecular complexity index is 1380. The van der Waals surface area contributed by atoms with Crippen molar-refractivity contribution in [1.82, 2.24) is 19.6 Å². The lowest BCUT2D eigenvalue weighted by molar-refractivity contribution is 0.416. The predicted octanol–water partition coefficient (Wildman–Crippen LogP) is 5.66. The molecule has 0 amide bonds. The van der Waals surface area contributed by atoms with Gasteiger partial charge in [-0.1, -0.05) is 44.2 Å². The van der Waals surface area contributed by atoms with Crippen molar-refractivity contribution in [2.24, 2.45) is 0 Å². The predicted molar refractivity (Wildman–Crippen MR) is 130 cm³/mol. The highest BCUT2D eigenvalue weighted by atomic mass is 16.5. The molecule has 0 bridgehead atoms. The van der Waals surface area contributed by atoms with Crippen LogP contribution in [0.2, 0.25) is 0 Å². The zero-order chi connectivity index (χ0) is 22.1. The van der Waals surface area contributed by atoms with Gasteiger partial charge in [0.15, 0.2) is 5.65 Å². The minimum absolute atomic E-state index is 0.326. The third kappa shape index (κ3) is 3.58. The third-order valence-corrected chi connectivity index (χ3v) is 5.88. The molecule has 162 valence electrons. The van der Waals surface area contributed by atoms with E-state index in [9.17, 15) is 0 Å². The summed E-state index contributed by atoms with van der Waals surface area (Å²) in [7, 11) is 1.69. The Morgan fingerprint density at radius 3 is 2.75 bits per heavy atom. The van der Waals surface area contributed by atoms with Crippen LogP contribution in [0.15, 0.2) is 67.0 Å². The van der Waals surface area contributed by atoms with Crippen LogP contribution in [0, 0.1) is 0 Å². The van der Waals surface area contributed by atoms with Gasteiger partial charge < -0.3 is 15.0 Å². The molecule has 0 saturated heterocycles. The van der Waals surface area contributed by atoms with Crippen LogP contribution in [0.4, 0.5) is 5.82 Å². The van der Waals surface area contributed by atoms with Gasteiger partial charge in [0.2, 0.25) is 0 Å². The summed E-state index contributed by atoms with van der Waals surface area (Å²) in [4.78, 5) is 8.33. The van der Waals surface area contributed by atoms with Crippen LogP contribution in [-0.4, -0.2) is 33.2 Å². The first-order valence-corrected chi connectivity index (χ1v) is 11.0. The molecular formula is C26H27N5O. The highest BCUT2D eigenvalue weighted by molar-refractivity contribution is 5.83. The zero-order valence-corrected chi connectivity index (χ0v) is 18.6. The summed E-state index contributed by atoms with van der Waals surface area (Å²) in [5.41, 5.74) is 6.30. The Morgan fingerprint density at radius 2 is 1.91 bits per heavy atom. The van der Waals surface area contributed by atoms with E-state index in [0.717, 1.165) is 47.0 Å². The molecule has 5 rings (SSSR count). The number of hydrogen-bond acceptors (Lipinski definition) is 4. The molecule has 0 saturated carbocycles. The fourth-order valence-corrected chi connectivity index (χ4v) is 4.17. The molecule has 32 heavy (non-hydrogen) atoms. The van der Waals surface area contributed by atoms with E-state index in [1.165, 1.54) is 16.5 Å². The molecule has 0 aliphatic heterocycles. The first kappa shape index (κ1) is 20.1. The molecule has 0 spiro atoms. The highest BCUT2D eigenvalue weighted by Gasteiger charge is 2.16. The van der Waals surface area contributed by atoms with Gasteiger partial charge in [-0.15, -0.1) is 0 Å². The largest absolute Gasteiger partial charge is 0.496 e. The standard InChI is InChI=1S/C26H27N5O/c1-17(2)21-16-29-31-25(27-13-12-18-15-28-22-10-6-4-8-19(18)22)14-23(30-26(21)31)20-9-5-7-11-24(20)32-3/h4-11,14-17,27-28H,12-13H2,1-3H3. The second kappa shape index (κ2) is 8.38. The van der Waals surface area contributed by atoms with E-state index in [0.29, 0.717) is 5.92 Å². The summed E-state index contributed by atoms with van der Waals surface area (Å²) >= 11 is 0. The smallest absolute Gasteiger partial charge is 0.161 e. The second-order valence-corrected chi connectivity index (χ2v) is 8.25. The molecule has 5 aromatic rings. The van der Waals surface area contributed by atoms with Crippen molar-refractivity contribution in [2.75, 3.05) is 19.0 Å². The van der Waals surface area contributed by atoms with E-state index in [1.54, 1.807) is 7.11 Å². The van der Waals surface area contributed by atoms with E-state index >= 15 is 0 Å². The summed E-state index contributed by atoms with van der Waals surface area (Å²) in [6, 6.07) is 18.4. The van der Waals surface area contributed by atoms with Crippen LogP contribution in [0.3, 0.4) is 0 Å². The molecule has 2 N–H and O–H groups in total. The number of benzene rings is 2. The topological polar surface area (TPSA) is 67.2 Å². The summed E-state index contributed by atoms with van der Waals surface area (Å²) in [5.74, 6) is 2.05. The number of aromatic amines is 1. The van der Waals surface area contributed by atoms with Gasteiger partial charge in [0, 0.05) is 40.8 Å². The van der Waals surface area contributed by atoms with Gasteiger partial charge in [0.1, 0.15) is 11.6 Å². The van der Waals surface area contributed by atoms with Crippen LogP contribution < -0.4 is 10.1 Å². The lowest BCUT2D eigenvalue weighted by Crippen LogP contribution is -2.10. The van der Waals surface area contributed by atoms with Crippen molar-refractivity contribution in [3.63, 3.8) is 0 Å². The highest BCUT2D eigenvalue weighted by Crippen LogP contribution is 2.32. The minimum Gasteiger partial charge on any atom is -0.496 e. The maximum atomic E-state index is 5.60. The maximum absolute atomic E-state index is 5.60. The summed E-state index contributed by atoms with van der Waals surface area (Å²) < 4.78 is 7.50. The maximum Gasteiger partial charge on any atom is 0.161 e. The van der Waals surface area contributed by atoms with Crippen LogP contribution in [0.25, 0.3) is 27.8 Å². The number of methoxy groups -OCH3 is 1. The summed E-state index contributed by atoms with van der Waals surface area (Å²) in [6.45, 7) is 5.11. The molecule has 0 fully saturated rings. The average molecular weight is 426 g/mol. The number of aromatic nitrogens is 4. The average Bonchev–Trinajstić information content (AvgIpc) is 3.43. The van der Waals surface area contributed by atoms with Gasteiger partial charge in [0.25, 0.3) is 0 Å². The first-order chi connectivity index (χ1) is 15.7. The number of hydrogen-bond donors (Lipinski definition) is 2. The van der Waals surface area contributed by atoms with E-state index in [4.69, 9.17) is 9.72 Å². The Labute approximate surface area is 187 Å². The molecule has 2 aromatic carbocycles. The van der Waals surface area contributed by atoms with Crippen LogP contribution in [0.5, 0.6) is 5.75 Å². The molecule has 6 nitrogen and oxygen atoms in total. The van der Waals surface area contributed by atoms with Gasteiger partial charge in [-0.25, -0.2) is 4.98 Å². The number of fused-ring (bicyclic) bond motifs is 2. The lowest BCUT2D eigenvalue weighted by Gasteiger charge is -2.13. The quantitative estimate of drug-likeness (QED) is 0.353. The molecule has 3 heterocycles. The molecule has 0 unspecified atom stereocenters. The number of H-pyrrole nitrogens is 1. The van der Waals surface area contributed by atoms with Gasteiger partial charge >= 0.3 is 0 Å². The SMILES string of the molecule is COc1ccccc1-c1cc(NCCc2c[nH]c3ccccc23)n2ncc(C(C)C)c2n1. The lowest BCUT2D eigenvalue weighted by atomic mass is 10.1. The third-order valence-electron chi connectivity index (χ3n) is 5.88. The van der Waals surface area contributed by atoms with Crippen molar-refractivity contribution in [3.8, 4) is 17.0 Å². The van der Waals surface area contributed by atoms with Gasteiger partial charge in [-0.05, 0) is 36.1 Å². The number of anilines is 1. The molecule has 6 heteroatoms. The van der Waals surface area contributed by atoms with Crippen LogP contribution in [0.1, 0.15) is 30.9 Å². The molecule has 0 aliphatic carbocycles. The molecule has 3 aromatic heterocycles. The Kier molecular flexibility index (Phi) is 5.27. The fourth-order valence-electron chi connectivity index (χ4n) is 4.17. The first-order valence-electron chi connectivity index (χ1n) is 11.0. The number of rotatable bonds is 7. The van der Waals surface area contributed by atoms with E-state index in [1.807, 2.05) is 35.0 Å². The molecule has 0 atom stereocenters. The molecular weight excluding hydrogens is 398 g/mol. The monoisotopic (exact) mass is 425 g/mol. The zero-order valence-electron chi connectivity index (χ0n) is 18.6. The van der Waals surface area contributed by atoms with E-state index in [-0.39, 0.29) is 0 Å². The van der Waals surface area contributed by atoms with Crippen molar-refractivity contribution in [3.05, 3.63) is 78.1 Å². The van der Waals surface area contributed by atoms with Gasteiger partial charge in [-0.3, -0.25) is 0 Å². The molecule has 0 radical (unpaired) electrons. The second-order valence-electron chi connectivity index (χ2n) is 8.25. The van der Waals surface area contributed by atoms with E-state index in [2.05, 4.69) is 65.8 Å². The minimum atomic E-state index is 0.326. The van der Waals surface area contributed by atoms with Crippen molar-refractivity contribution in [1.29, 1.82) is 0 Å². The van der Waals surface area contributed by atoms with Crippen molar-refractivity contribution < 1.29 is 4.74 Å². The Hall–Kier alpha value is -3.80. The Balaban J connectivity index is 1.51. The van der Waals surface area contributed by atoms with Crippen LogP contribution in [-0.2, 0) is 6.42 Å². The number of nitrogens with zero attached hydrogens (tertiary/aromatic N) is 3. The van der Waals surface area contributed by atoms with Crippen molar-refractivity contribution in [2.45, 2.75) is 26.2 Å². The number of para-hydroxylation sites is 2. The normalized spacial score (nSPS) is 11.5. The van der Waals surface area contributed by atoms with Crippen LogP contribution >= 0.6 is 0 Å². The number of nitrogens with one attached hydrogen (secondary N) is 2. The van der Waals surface area contributed by atoms with Gasteiger partial charge in [-0.2, -0.15) is 9.61 Å². The van der Waals surface area contributed by atoms with E-state index < -0.39 is 0 Å². The molecule has 0 aliphatic rings. The fraction of sp³-hybridized carbons (Fsp3) is 0.231. The van der Waals surface area contributed by atoms with Gasteiger partial charge in [0.05, 0.1) is 19.0 Å².